The van der Waals surface area contributed by atoms with Gasteiger partial charge < -0.3 is 4.57 Å². The van der Waals surface area contributed by atoms with Crippen molar-refractivity contribution >= 4 is 33.6 Å². The highest BCUT2D eigenvalue weighted by Crippen LogP contribution is 2.19. The molecule has 0 unspecified atom stereocenters. The monoisotopic (exact) mass is 293 g/mol. The fourth-order valence-corrected chi connectivity index (χ4v) is 2.39. The number of aryl methyl sites for hydroxylation is 2. The number of anilines is 2. The average Bonchev–Trinajstić information content (AvgIpc) is 3.04. The summed E-state index contributed by atoms with van der Waals surface area (Å²) in [6, 6.07) is 0. The molecule has 0 saturated heterocycles. The van der Waals surface area contributed by atoms with Gasteiger partial charge in [0.15, 0.2) is 11.2 Å². The topological polar surface area (TPSA) is 99.6 Å². The summed E-state index contributed by atoms with van der Waals surface area (Å²) in [6.45, 7) is 0. The lowest BCUT2D eigenvalue weighted by Gasteiger charge is -2.03. The number of rotatable bonds is 2. The van der Waals surface area contributed by atoms with Crippen molar-refractivity contribution in [1.82, 2.24) is 28.9 Å². The van der Waals surface area contributed by atoms with Gasteiger partial charge in [-0.05, 0) is 0 Å². The van der Waals surface area contributed by atoms with E-state index in [2.05, 4.69) is 20.5 Å². The Balaban J connectivity index is 2.30. The van der Waals surface area contributed by atoms with Crippen LogP contribution in [-0.2, 0) is 21.1 Å². The van der Waals surface area contributed by atoms with E-state index < -0.39 is 5.69 Å². The van der Waals surface area contributed by atoms with Crippen LogP contribution in [0.4, 0.5) is 11.1 Å². The number of hydrogen-bond donors (Lipinski definition) is 1. The molecule has 3 rings (SSSR count). The van der Waals surface area contributed by atoms with Crippen LogP contribution in [0.25, 0.3) is 11.2 Å². The second-order valence-corrected chi connectivity index (χ2v) is 5.07. The van der Waals surface area contributed by atoms with Crippen LogP contribution in [0.15, 0.2) is 15.1 Å². The van der Waals surface area contributed by atoms with E-state index in [4.69, 9.17) is 0 Å². The molecule has 0 saturated carbocycles. The molecule has 9 nitrogen and oxygen atoms in total. The van der Waals surface area contributed by atoms with Gasteiger partial charge in [-0.2, -0.15) is 4.98 Å². The number of nitrogens with one attached hydrogen (secondary N) is 1. The smallest absolute Gasteiger partial charge is 0.307 e. The van der Waals surface area contributed by atoms with Crippen molar-refractivity contribution in [3.8, 4) is 0 Å². The quantitative estimate of drug-likeness (QED) is 0.688. The molecule has 20 heavy (non-hydrogen) atoms. The first-order valence-corrected chi connectivity index (χ1v) is 6.54. The largest absolute Gasteiger partial charge is 0.332 e. The summed E-state index contributed by atoms with van der Waals surface area (Å²) >= 11 is 1.31. The van der Waals surface area contributed by atoms with Crippen molar-refractivity contribution in [2.45, 2.75) is 0 Å². The fraction of sp³-hybridized carbons (Fsp3) is 0.300. The molecule has 3 aromatic heterocycles. The van der Waals surface area contributed by atoms with Crippen LogP contribution in [0.5, 0.6) is 0 Å². The molecule has 0 fully saturated rings. The predicted octanol–water partition coefficient (Wildman–Crippen LogP) is -0.434. The highest BCUT2D eigenvalue weighted by atomic mass is 32.1. The molecule has 0 spiro atoms. The van der Waals surface area contributed by atoms with Crippen LogP contribution < -0.4 is 16.6 Å². The zero-order valence-corrected chi connectivity index (χ0v) is 11.8. The third kappa shape index (κ3) is 1.65. The van der Waals surface area contributed by atoms with Crippen LogP contribution in [0.1, 0.15) is 0 Å². The molecule has 0 aliphatic heterocycles. The summed E-state index contributed by atoms with van der Waals surface area (Å²) in [6.07, 6.45) is 0. The zero-order valence-electron chi connectivity index (χ0n) is 11.0. The minimum atomic E-state index is -0.414. The van der Waals surface area contributed by atoms with Crippen molar-refractivity contribution < 1.29 is 0 Å². The summed E-state index contributed by atoms with van der Waals surface area (Å²) in [5.74, 6) is 0.426. The summed E-state index contributed by atoms with van der Waals surface area (Å²) in [4.78, 5) is 28.3. The molecule has 10 heteroatoms. The van der Waals surface area contributed by atoms with Crippen LogP contribution in [0.2, 0.25) is 0 Å². The van der Waals surface area contributed by atoms with Gasteiger partial charge in [0.25, 0.3) is 5.56 Å². The van der Waals surface area contributed by atoms with Crippen molar-refractivity contribution in [2.24, 2.45) is 21.1 Å². The lowest BCUT2D eigenvalue weighted by atomic mass is 10.5. The van der Waals surface area contributed by atoms with Crippen molar-refractivity contribution in [1.29, 1.82) is 0 Å². The summed E-state index contributed by atoms with van der Waals surface area (Å²) in [5, 5.41) is 11.1. The molecule has 0 aliphatic rings. The van der Waals surface area contributed by atoms with Gasteiger partial charge in [0.1, 0.15) is 5.51 Å². The summed E-state index contributed by atoms with van der Waals surface area (Å²) in [7, 11) is 4.71. The molecular weight excluding hydrogens is 282 g/mol. The van der Waals surface area contributed by atoms with E-state index in [9.17, 15) is 9.59 Å². The van der Waals surface area contributed by atoms with E-state index in [1.807, 2.05) is 0 Å². The molecule has 0 aliphatic carbocycles. The number of fused-ring (bicyclic) bond motifs is 1. The van der Waals surface area contributed by atoms with E-state index in [0.717, 1.165) is 4.57 Å². The van der Waals surface area contributed by atoms with Gasteiger partial charge in [-0.3, -0.25) is 19.2 Å². The van der Waals surface area contributed by atoms with Gasteiger partial charge >= 0.3 is 5.69 Å². The van der Waals surface area contributed by atoms with Crippen LogP contribution in [-0.4, -0.2) is 28.9 Å². The van der Waals surface area contributed by atoms with E-state index >= 15 is 0 Å². The molecule has 1 N–H and O–H groups in total. The normalized spacial score (nSPS) is 11.2. The molecule has 3 heterocycles. The average molecular weight is 293 g/mol. The fourth-order valence-electron chi connectivity index (χ4n) is 1.95. The molecule has 0 amide bonds. The van der Waals surface area contributed by atoms with Gasteiger partial charge in [0, 0.05) is 21.1 Å². The Morgan fingerprint density at radius 2 is 1.90 bits per heavy atom. The number of nitrogens with zero attached hydrogens (tertiary/aromatic N) is 6. The van der Waals surface area contributed by atoms with Gasteiger partial charge in [-0.15, -0.1) is 10.2 Å². The Labute approximate surface area is 116 Å². The van der Waals surface area contributed by atoms with Crippen LogP contribution >= 0.6 is 11.3 Å². The minimum Gasteiger partial charge on any atom is -0.307 e. The van der Waals surface area contributed by atoms with Gasteiger partial charge in [-0.1, -0.05) is 11.3 Å². The lowest BCUT2D eigenvalue weighted by molar-refractivity contribution is 0.705. The first-order chi connectivity index (χ1) is 9.50. The summed E-state index contributed by atoms with van der Waals surface area (Å²) in [5.41, 5.74) is 1.46. The Morgan fingerprint density at radius 3 is 2.55 bits per heavy atom. The zero-order chi connectivity index (χ0) is 14.4. The minimum absolute atomic E-state index is 0.326. The Morgan fingerprint density at radius 1 is 1.15 bits per heavy atom. The molecule has 0 bridgehead atoms. The Bertz CT molecular complexity index is 902. The number of aromatic nitrogens is 6. The third-order valence-corrected chi connectivity index (χ3v) is 3.66. The standard InChI is InChI=1S/C10H11N7O2S/c1-15-5-6(16(2)10(19)17(3)7(5)18)12-8(15)13-9-14-11-4-20-9/h4H,1-3H3,(H,12,13,14). The van der Waals surface area contributed by atoms with E-state index in [-0.39, 0.29) is 5.56 Å². The van der Waals surface area contributed by atoms with Crippen LogP contribution in [0, 0.1) is 0 Å². The molecule has 0 atom stereocenters. The van der Waals surface area contributed by atoms with Gasteiger partial charge in [0.05, 0.1) is 0 Å². The number of hydrogen-bond acceptors (Lipinski definition) is 7. The van der Waals surface area contributed by atoms with Crippen LogP contribution in [0.3, 0.4) is 0 Å². The lowest BCUT2D eigenvalue weighted by Crippen LogP contribution is -2.37. The maximum Gasteiger partial charge on any atom is 0.332 e. The maximum absolute atomic E-state index is 12.2. The molecule has 0 radical (unpaired) electrons. The first-order valence-electron chi connectivity index (χ1n) is 5.66. The SMILES string of the molecule is Cn1c(=O)c2c(nc(Nc3nncs3)n2C)n(C)c1=O. The number of imidazole rings is 1. The maximum atomic E-state index is 12.2. The van der Waals surface area contributed by atoms with Crippen molar-refractivity contribution in [3.63, 3.8) is 0 Å². The third-order valence-electron chi connectivity index (χ3n) is 3.05. The predicted molar refractivity (Wildman–Crippen MR) is 74.4 cm³/mol. The van der Waals surface area contributed by atoms with Crippen molar-refractivity contribution in [2.75, 3.05) is 5.32 Å². The van der Waals surface area contributed by atoms with Crippen molar-refractivity contribution in [3.05, 3.63) is 26.3 Å². The molecular formula is C10H11N7O2S. The Hall–Kier alpha value is -2.49. The van der Waals surface area contributed by atoms with E-state index in [1.54, 1.807) is 24.2 Å². The summed E-state index contributed by atoms with van der Waals surface area (Å²) < 4.78 is 3.99. The first kappa shape index (κ1) is 12.5. The second-order valence-electron chi connectivity index (χ2n) is 4.24. The molecule has 104 valence electrons. The van der Waals surface area contributed by atoms with Gasteiger partial charge in [0.2, 0.25) is 11.1 Å². The molecule has 3 aromatic rings. The van der Waals surface area contributed by atoms with E-state index in [1.165, 1.54) is 23.0 Å². The van der Waals surface area contributed by atoms with Gasteiger partial charge in [-0.25, -0.2) is 4.79 Å². The molecule has 0 aromatic carbocycles. The highest BCUT2D eigenvalue weighted by molar-refractivity contribution is 7.13. The highest BCUT2D eigenvalue weighted by Gasteiger charge is 2.17. The second kappa shape index (κ2) is 4.27. The van der Waals surface area contributed by atoms with E-state index in [0.29, 0.717) is 22.2 Å². The Kier molecular flexibility index (Phi) is 2.67.